The lowest BCUT2D eigenvalue weighted by atomic mass is 10.1. The minimum absolute atomic E-state index is 0.117. The fraction of sp³-hybridized carbons (Fsp3) is 0.357. The standard InChI is InChI=1S/C14H19N3O/c1-11-3-4-12(2)14(7-11)15-8-13-9-16-17(10-13)5-6-18/h3-4,7,9-10,15,18H,5-6,8H2,1-2H3. The van der Waals surface area contributed by atoms with Gasteiger partial charge in [-0.1, -0.05) is 12.1 Å². The van der Waals surface area contributed by atoms with Crippen molar-refractivity contribution < 1.29 is 5.11 Å². The molecule has 1 heterocycles. The molecule has 0 spiro atoms. The van der Waals surface area contributed by atoms with E-state index in [-0.39, 0.29) is 6.61 Å². The molecular weight excluding hydrogens is 226 g/mol. The minimum Gasteiger partial charge on any atom is -0.394 e. The van der Waals surface area contributed by atoms with Gasteiger partial charge in [-0.15, -0.1) is 0 Å². The maximum absolute atomic E-state index is 8.83. The summed E-state index contributed by atoms with van der Waals surface area (Å²) in [5, 5.41) is 16.4. The molecule has 0 atom stereocenters. The van der Waals surface area contributed by atoms with Crippen LogP contribution in [-0.2, 0) is 13.1 Å². The molecule has 0 radical (unpaired) electrons. The number of aliphatic hydroxyl groups is 1. The van der Waals surface area contributed by atoms with Crippen LogP contribution in [-0.4, -0.2) is 21.5 Å². The Kier molecular flexibility index (Phi) is 3.99. The number of aromatic nitrogens is 2. The van der Waals surface area contributed by atoms with Crippen molar-refractivity contribution in [1.82, 2.24) is 9.78 Å². The molecule has 1 aromatic carbocycles. The highest BCUT2D eigenvalue weighted by molar-refractivity contribution is 5.52. The van der Waals surface area contributed by atoms with E-state index in [1.807, 2.05) is 12.4 Å². The first-order valence-electron chi connectivity index (χ1n) is 6.12. The Morgan fingerprint density at radius 2 is 2.17 bits per heavy atom. The maximum Gasteiger partial charge on any atom is 0.0640 e. The molecule has 0 amide bonds. The first-order valence-corrected chi connectivity index (χ1v) is 6.12. The van der Waals surface area contributed by atoms with Gasteiger partial charge >= 0.3 is 0 Å². The summed E-state index contributed by atoms with van der Waals surface area (Å²) in [7, 11) is 0. The zero-order chi connectivity index (χ0) is 13.0. The first kappa shape index (κ1) is 12.6. The van der Waals surface area contributed by atoms with Crippen LogP contribution in [0.25, 0.3) is 0 Å². The van der Waals surface area contributed by atoms with E-state index in [1.165, 1.54) is 11.1 Å². The Balaban J connectivity index is 1.99. The molecule has 2 aromatic rings. The van der Waals surface area contributed by atoms with Crippen LogP contribution in [0.1, 0.15) is 16.7 Å². The van der Waals surface area contributed by atoms with Gasteiger partial charge < -0.3 is 10.4 Å². The highest BCUT2D eigenvalue weighted by Gasteiger charge is 2.01. The molecule has 18 heavy (non-hydrogen) atoms. The van der Waals surface area contributed by atoms with E-state index in [4.69, 9.17) is 5.11 Å². The van der Waals surface area contributed by atoms with Crippen molar-refractivity contribution in [3.05, 3.63) is 47.3 Å². The molecule has 2 rings (SSSR count). The number of rotatable bonds is 5. The number of benzene rings is 1. The largest absolute Gasteiger partial charge is 0.394 e. The molecule has 0 aliphatic carbocycles. The summed E-state index contributed by atoms with van der Waals surface area (Å²) < 4.78 is 1.75. The molecule has 96 valence electrons. The average molecular weight is 245 g/mol. The van der Waals surface area contributed by atoms with Gasteiger partial charge in [0.25, 0.3) is 0 Å². The van der Waals surface area contributed by atoms with Crippen molar-refractivity contribution >= 4 is 5.69 Å². The molecule has 0 unspecified atom stereocenters. The van der Waals surface area contributed by atoms with Crippen LogP contribution in [0.15, 0.2) is 30.6 Å². The Hall–Kier alpha value is -1.81. The Bertz CT molecular complexity index is 520. The molecule has 0 bridgehead atoms. The van der Waals surface area contributed by atoms with Crippen LogP contribution in [0.2, 0.25) is 0 Å². The second-order valence-electron chi connectivity index (χ2n) is 4.51. The predicted octanol–water partition coefficient (Wildman–Crippen LogP) is 2.10. The lowest BCUT2D eigenvalue weighted by Crippen LogP contribution is -2.02. The van der Waals surface area contributed by atoms with Crippen LogP contribution >= 0.6 is 0 Å². The first-order chi connectivity index (χ1) is 8.69. The van der Waals surface area contributed by atoms with E-state index in [0.29, 0.717) is 6.54 Å². The molecular formula is C14H19N3O. The van der Waals surface area contributed by atoms with Crippen molar-refractivity contribution in [3.8, 4) is 0 Å². The van der Waals surface area contributed by atoms with E-state index in [2.05, 4.69) is 42.5 Å². The number of anilines is 1. The minimum atomic E-state index is 0.117. The molecule has 0 aliphatic rings. The number of aliphatic hydroxyl groups excluding tert-OH is 1. The summed E-state index contributed by atoms with van der Waals surface area (Å²) in [4.78, 5) is 0. The van der Waals surface area contributed by atoms with Gasteiger partial charge in [-0.25, -0.2) is 0 Å². The highest BCUT2D eigenvalue weighted by Crippen LogP contribution is 2.17. The fourth-order valence-corrected chi connectivity index (χ4v) is 1.85. The normalized spacial score (nSPS) is 10.6. The summed E-state index contributed by atoms with van der Waals surface area (Å²) in [5.74, 6) is 0. The van der Waals surface area contributed by atoms with Crippen molar-refractivity contribution in [2.45, 2.75) is 26.9 Å². The van der Waals surface area contributed by atoms with Gasteiger partial charge in [-0.2, -0.15) is 5.10 Å². The molecule has 0 fully saturated rings. The van der Waals surface area contributed by atoms with Crippen LogP contribution in [0, 0.1) is 13.8 Å². The number of hydrogen-bond donors (Lipinski definition) is 2. The van der Waals surface area contributed by atoms with Crippen LogP contribution < -0.4 is 5.32 Å². The third kappa shape index (κ3) is 3.11. The molecule has 0 saturated heterocycles. The Morgan fingerprint density at radius 1 is 1.33 bits per heavy atom. The zero-order valence-corrected chi connectivity index (χ0v) is 10.8. The number of nitrogens with zero attached hydrogens (tertiary/aromatic N) is 2. The van der Waals surface area contributed by atoms with E-state index >= 15 is 0 Å². The topological polar surface area (TPSA) is 50.1 Å². The van der Waals surface area contributed by atoms with Crippen molar-refractivity contribution in [2.24, 2.45) is 0 Å². The average Bonchev–Trinajstić information content (AvgIpc) is 2.79. The molecule has 2 N–H and O–H groups in total. The van der Waals surface area contributed by atoms with E-state index in [9.17, 15) is 0 Å². The van der Waals surface area contributed by atoms with Crippen LogP contribution in [0.4, 0.5) is 5.69 Å². The smallest absolute Gasteiger partial charge is 0.0640 e. The molecule has 4 heteroatoms. The van der Waals surface area contributed by atoms with Crippen LogP contribution in [0.5, 0.6) is 0 Å². The number of hydrogen-bond acceptors (Lipinski definition) is 3. The van der Waals surface area contributed by atoms with Crippen molar-refractivity contribution in [2.75, 3.05) is 11.9 Å². The van der Waals surface area contributed by atoms with Crippen molar-refractivity contribution in [1.29, 1.82) is 0 Å². The lowest BCUT2D eigenvalue weighted by Gasteiger charge is -2.09. The molecule has 4 nitrogen and oxygen atoms in total. The van der Waals surface area contributed by atoms with Gasteiger partial charge in [0, 0.05) is 24.0 Å². The summed E-state index contributed by atoms with van der Waals surface area (Å²) in [6.07, 6.45) is 3.78. The fourth-order valence-electron chi connectivity index (χ4n) is 1.85. The number of nitrogens with one attached hydrogen (secondary N) is 1. The Morgan fingerprint density at radius 3 is 2.94 bits per heavy atom. The van der Waals surface area contributed by atoms with Crippen molar-refractivity contribution in [3.63, 3.8) is 0 Å². The predicted molar refractivity (Wildman–Crippen MR) is 72.6 cm³/mol. The highest BCUT2D eigenvalue weighted by atomic mass is 16.3. The van der Waals surface area contributed by atoms with Gasteiger partial charge in [-0.3, -0.25) is 4.68 Å². The quantitative estimate of drug-likeness (QED) is 0.848. The maximum atomic E-state index is 8.83. The summed E-state index contributed by atoms with van der Waals surface area (Å²) >= 11 is 0. The third-order valence-electron chi connectivity index (χ3n) is 2.89. The Labute approximate surface area is 107 Å². The zero-order valence-electron chi connectivity index (χ0n) is 10.8. The van der Waals surface area contributed by atoms with E-state index in [1.54, 1.807) is 4.68 Å². The summed E-state index contributed by atoms with van der Waals surface area (Å²) in [6.45, 7) is 5.59. The van der Waals surface area contributed by atoms with Gasteiger partial charge in [0.05, 0.1) is 19.3 Å². The SMILES string of the molecule is Cc1ccc(C)c(NCc2cnn(CCO)c2)c1. The van der Waals surface area contributed by atoms with Gasteiger partial charge in [0.15, 0.2) is 0 Å². The van der Waals surface area contributed by atoms with E-state index < -0.39 is 0 Å². The summed E-state index contributed by atoms with van der Waals surface area (Å²) in [6, 6.07) is 6.38. The monoisotopic (exact) mass is 245 g/mol. The van der Waals surface area contributed by atoms with Gasteiger partial charge in [0.2, 0.25) is 0 Å². The molecule has 1 aromatic heterocycles. The second kappa shape index (κ2) is 5.69. The van der Waals surface area contributed by atoms with E-state index in [0.717, 1.165) is 17.8 Å². The van der Waals surface area contributed by atoms with Gasteiger partial charge in [0.1, 0.15) is 0 Å². The lowest BCUT2D eigenvalue weighted by molar-refractivity contribution is 0.269. The number of aryl methyl sites for hydroxylation is 2. The second-order valence-corrected chi connectivity index (χ2v) is 4.51. The van der Waals surface area contributed by atoms with Gasteiger partial charge in [-0.05, 0) is 31.0 Å². The molecule has 0 aliphatic heterocycles. The third-order valence-corrected chi connectivity index (χ3v) is 2.89. The van der Waals surface area contributed by atoms with Crippen LogP contribution in [0.3, 0.4) is 0 Å². The molecule has 0 saturated carbocycles. The summed E-state index contributed by atoms with van der Waals surface area (Å²) in [5.41, 5.74) is 4.76.